The maximum Gasteiger partial charge on any atom is 0.327 e. The van der Waals surface area contributed by atoms with Crippen LogP contribution in [0.2, 0.25) is 0 Å². The lowest BCUT2D eigenvalue weighted by molar-refractivity contribution is -0.141. The number of nitrogens with zero attached hydrogens (tertiary/aromatic N) is 1. The van der Waals surface area contributed by atoms with Gasteiger partial charge in [0.25, 0.3) is 0 Å². The molecular weight excluding hydrogens is 412 g/mol. The average Bonchev–Trinajstić information content (AvgIpc) is 3.17. The fourth-order valence-corrected chi connectivity index (χ4v) is 2.82. The van der Waals surface area contributed by atoms with Crippen LogP contribution >= 0.6 is 12.6 Å². The molecule has 12 heteroatoms. The summed E-state index contributed by atoms with van der Waals surface area (Å²) in [6.45, 7) is 5.19. The van der Waals surface area contributed by atoms with E-state index in [-0.39, 0.29) is 24.5 Å². The summed E-state index contributed by atoms with van der Waals surface area (Å²) in [5.74, 6) is -3.01. The Morgan fingerprint density at radius 1 is 1.10 bits per heavy atom. The van der Waals surface area contributed by atoms with Crippen molar-refractivity contribution in [2.75, 3.05) is 5.75 Å². The molecular formula is C18H30N6O5S. The van der Waals surface area contributed by atoms with E-state index in [1.165, 1.54) is 13.3 Å². The van der Waals surface area contributed by atoms with E-state index in [0.717, 1.165) is 0 Å². The minimum Gasteiger partial charge on any atom is -0.480 e. The molecule has 3 amide bonds. The van der Waals surface area contributed by atoms with Crippen molar-refractivity contribution in [1.29, 1.82) is 0 Å². The van der Waals surface area contributed by atoms with Gasteiger partial charge in [0.05, 0.1) is 12.4 Å². The van der Waals surface area contributed by atoms with Crippen LogP contribution in [0.4, 0.5) is 0 Å². The highest BCUT2D eigenvalue weighted by Crippen LogP contribution is 2.06. The van der Waals surface area contributed by atoms with Crippen LogP contribution in [-0.2, 0) is 25.6 Å². The lowest BCUT2D eigenvalue weighted by Gasteiger charge is -2.24. The zero-order chi connectivity index (χ0) is 22.8. The van der Waals surface area contributed by atoms with E-state index >= 15 is 0 Å². The van der Waals surface area contributed by atoms with Crippen molar-refractivity contribution in [3.8, 4) is 0 Å². The molecule has 168 valence electrons. The first-order valence-electron chi connectivity index (χ1n) is 9.52. The van der Waals surface area contributed by atoms with E-state index in [0.29, 0.717) is 5.69 Å². The summed E-state index contributed by atoms with van der Waals surface area (Å²) in [6.07, 6.45) is 3.53. The van der Waals surface area contributed by atoms with Gasteiger partial charge in [-0.25, -0.2) is 9.78 Å². The minimum absolute atomic E-state index is 0.0491. The number of aliphatic carboxylic acids is 1. The number of carbonyl (C=O) groups is 4. The molecule has 4 unspecified atom stereocenters. The van der Waals surface area contributed by atoms with Crippen LogP contribution < -0.4 is 21.7 Å². The van der Waals surface area contributed by atoms with Gasteiger partial charge in [-0.05, 0) is 19.3 Å². The van der Waals surface area contributed by atoms with Crippen LogP contribution in [0.25, 0.3) is 0 Å². The Bertz CT molecular complexity index is 727. The first-order chi connectivity index (χ1) is 14.0. The number of thiol groups is 1. The zero-order valence-corrected chi connectivity index (χ0v) is 18.1. The molecule has 1 rings (SSSR count). The summed E-state index contributed by atoms with van der Waals surface area (Å²) in [5, 5.41) is 16.5. The lowest BCUT2D eigenvalue weighted by Crippen LogP contribution is -2.57. The van der Waals surface area contributed by atoms with E-state index in [1.807, 2.05) is 13.8 Å². The smallest absolute Gasteiger partial charge is 0.327 e. The number of nitrogens with one attached hydrogen (secondary N) is 4. The van der Waals surface area contributed by atoms with Crippen LogP contribution in [-0.4, -0.2) is 68.7 Å². The van der Waals surface area contributed by atoms with Gasteiger partial charge in [0.15, 0.2) is 0 Å². The van der Waals surface area contributed by atoms with Gasteiger partial charge in [-0.15, -0.1) is 0 Å². The highest BCUT2D eigenvalue weighted by Gasteiger charge is 2.28. The number of hydrogen-bond donors (Lipinski definition) is 7. The fourth-order valence-electron chi connectivity index (χ4n) is 2.57. The average molecular weight is 443 g/mol. The second-order valence-corrected chi connectivity index (χ2v) is 7.76. The van der Waals surface area contributed by atoms with Crippen molar-refractivity contribution in [3.05, 3.63) is 18.2 Å². The fraction of sp³-hybridized carbons (Fsp3) is 0.611. The molecule has 0 radical (unpaired) electrons. The number of carboxylic acid groups (broad SMARTS) is 1. The summed E-state index contributed by atoms with van der Waals surface area (Å²) in [4.78, 5) is 55.0. The topological polar surface area (TPSA) is 179 Å². The Morgan fingerprint density at radius 3 is 2.23 bits per heavy atom. The molecule has 0 fully saturated rings. The van der Waals surface area contributed by atoms with Crippen LogP contribution in [0.3, 0.4) is 0 Å². The Labute approximate surface area is 180 Å². The van der Waals surface area contributed by atoms with E-state index in [4.69, 9.17) is 10.8 Å². The summed E-state index contributed by atoms with van der Waals surface area (Å²) in [5.41, 5.74) is 6.53. The molecule has 30 heavy (non-hydrogen) atoms. The highest BCUT2D eigenvalue weighted by molar-refractivity contribution is 7.80. The largest absolute Gasteiger partial charge is 0.480 e. The molecule has 11 nitrogen and oxygen atoms in total. The quantitative estimate of drug-likeness (QED) is 0.199. The summed E-state index contributed by atoms with van der Waals surface area (Å²) < 4.78 is 0. The third-order valence-corrected chi connectivity index (χ3v) is 4.59. The summed E-state index contributed by atoms with van der Waals surface area (Å²) in [7, 11) is 0. The number of imidazole rings is 1. The Kier molecular flexibility index (Phi) is 10.3. The van der Waals surface area contributed by atoms with Gasteiger partial charge in [-0.2, -0.15) is 12.6 Å². The molecule has 4 atom stereocenters. The molecule has 0 aliphatic heterocycles. The van der Waals surface area contributed by atoms with Crippen molar-refractivity contribution >= 4 is 36.3 Å². The highest BCUT2D eigenvalue weighted by atomic mass is 32.1. The van der Waals surface area contributed by atoms with Crippen LogP contribution in [0.15, 0.2) is 12.5 Å². The minimum atomic E-state index is -1.22. The summed E-state index contributed by atoms with van der Waals surface area (Å²) in [6, 6.07) is -3.97. The van der Waals surface area contributed by atoms with E-state index in [9.17, 15) is 19.2 Å². The second kappa shape index (κ2) is 12.2. The van der Waals surface area contributed by atoms with Gasteiger partial charge in [0.1, 0.15) is 18.1 Å². The molecule has 0 saturated heterocycles. The third-order valence-electron chi connectivity index (χ3n) is 4.22. The van der Waals surface area contributed by atoms with Crippen molar-refractivity contribution in [1.82, 2.24) is 25.9 Å². The van der Waals surface area contributed by atoms with Crippen LogP contribution in [0.1, 0.15) is 32.9 Å². The van der Waals surface area contributed by atoms with E-state index < -0.39 is 47.9 Å². The van der Waals surface area contributed by atoms with Gasteiger partial charge < -0.3 is 31.8 Å². The number of hydrogen-bond acceptors (Lipinski definition) is 7. The Hall–Kier alpha value is -2.60. The Morgan fingerprint density at radius 2 is 1.73 bits per heavy atom. The number of amides is 3. The number of carboxylic acids is 1. The van der Waals surface area contributed by atoms with Gasteiger partial charge in [0.2, 0.25) is 17.7 Å². The number of carbonyl (C=O) groups excluding carboxylic acids is 3. The van der Waals surface area contributed by atoms with Gasteiger partial charge >= 0.3 is 5.97 Å². The third kappa shape index (κ3) is 8.41. The molecule has 1 aromatic heterocycles. The van der Waals surface area contributed by atoms with E-state index in [1.54, 1.807) is 6.20 Å². The van der Waals surface area contributed by atoms with Crippen molar-refractivity contribution in [2.45, 2.75) is 57.8 Å². The Balaban J connectivity index is 2.69. The molecule has 1 aromatic rings. The number of nitrogens with two attached hydrogens (primary N) is 1. The predicted molar refractivity (Wildman–Crippen MR) is 113 cm³/mol. The summed E-state index contributed by atoms with van der Waals surface area (Å²) >= 11 is 3.91. The molecule has 0 spiro atoms. The number of H-pyrrole nitrogens is 1. The molecule has 0 saturated carbocycles. The van der Waals surface area contributed by atoms with Crippen LogP contribution in [0.5, 0.6) is 0 Å². The molecule has 0 aliphatic rings. The first-order valence-corrected chi connectivity index (χ1v) is 10.2. The number of aromatic amines is 1. The SMILES string of the molecule is CC(C)CC(NC(=O)C(C)NC(=O)C(N)Cc1cnc[nH]1)C(=O)NC(CS)C(=O)O. The molecule has 0 aromatic carbocycles. The molecule has 7 N–H and O–H groups in total. The van der Waals surface area contributed by atoms with Crippen molar-refractivity contribution in [2.24, 2.45) is 11.7 Å². The van der Waals surface area contributed by atoms with E-state index in [2.05, 4.69) is 38.5 Å². The molecule has 0 bridgehead atoms. The van der Waals surface area contributed by atoms with Gasteiger partial charge in [-0.3, -0.25) is 14.4 Å². The van der Waals surface area contributed by atoms with Crippen molar-refractivity contribution in [3.63, 3.8) is 0 Å². The van der Waals surface area contributed by atoms with Crippen LogP contribution in [0, 0.1) is 5.92 Å². The zero-order valence-electron chi connectivity index (χ0n) is 17.2. The molecule has 0 aliphatic carbocycles. The maximum atomic E-state index is 12.5. The molecule has 1 heterocycles. The lowest BCUT2D eigenvalue weighted by atomic mass is 10.0. The standard InChI is InChI=1S/C18H30N6O5S/c1-9(2)4-13(17(27)24-14(7-30)18(28)29)23-15(25)10(3)22-16(26)12(19)5-11-6-20-8-21-11/h6,8-10,12-14,30H,4-5,7,19H2,1-3H3,(H,20,21)(H,22,26)(H,23,25)(H,24,27)(H,28,29). The van der Waals surface area contributed by atoms with Gasteiger partial charge in [-0.1, -0.05) is 13.8 Å². The first kappa shape index (κ1) is 25.4. The number of rotatable bonds is 12. The second-order valence-electron chi connectivity index (χ2n) is 7.39. The predicted octanol–water partition coefficient (Wildman–Crippen LogP) is -1.19. The number of aromatic nitrogens is 2. The maximum absolute atomic E-state index is 12.5. The van der Waals surface area contributed by atoms with Gasteiger partial charge in [0, 0.05) is 24.1 Å². The monoisotopic (exact) mass is 442 g/mol. The normalized spacial score (nSPS) is 15.0. The van der Waals surface area contributed by atoms with Crippen molar-refractivity contribution < 1.29 is 24.3 Å².